The number of hydrogen-bond donors (Lipinski definition) is 0. The van der Waals surface area contributed by atoms with Crippen LogP contribution in [-0.2, 0) is 0 Å². The van der Waals surface area contributed by atoms with E-state index in [2.05, 4.69) is 49.4 Å². The highest BCUT2D eigenvalue weighted by atomic mass is 16.5. The van der Waals surface area contributed by atoms with Gasteiger partial charge in [0.15, 0.2) is 0 Å². The standard InChI is InChI=1S/C31H48NO/c1-3-5-7-9-11-16-26-32(27-17-12-10-8-6-4-2)30-24-22-29(23-25-30)19-18-28-33-31-20-14-13-15-21-31/h13-15,19-25H,3-12,16-18,26-28H2,1-2H3. The molecule has 1 radical (unpaired) electrons. The molecular formula is C31H48NO. The quantitative estimate of drug-likeness (QED) is 0.186. The molecule has 0 spiro atoms. The maximum absolute atomic E-state index is 5.81. The van der Waals surface area contributed by atoms with Crippen molar-refractivity contribution in [2.75, 3.05) is 24.6 Å². The molecule has 0 bridgehead atoms. The Morgan fingerprint density at radius 2 is 1.18 bits per heavy atom. The van der Waals surface area contributed by atoms with Gasteiger partial charge >= 0.3 is 0 Å². The van der Waals surface area contributed by atoms with E-state index in [1.807, 2.05) is 30.3 Å². The third kappa shape index (κ3) is 12.8. The zero-order chi connectivity index (χ0) is 23.4. The maximum Gasteiger partial charge on any atom is 0.119 e. The van der Waals surface area contributed by atoms with Crippen molar-refractivity contribution in [1.82, 2.24) is 0 Å². The zero-order valence-electron chi connectivity index (χ0n) is 21.4. The van der Waals surface area contributed by atoms with Crippen molar-refractivity contribution in [3.05, 3.63) is 66.6 Å². The average molecular weight is 451 g/mol. The molecule has 0 N–H and O–H groups in total. The predicted molar refractivity (Wildman–Crippen MR) is 145 cm³/mol. The van der Waals surface area contributed by atoms with E-state index in [0.717, 1.165) is 12.2 Å². The summed E-state index contributed by atoms with van der Waals surface area (Å²) in [6.45, 7) is 7.68. The van der Waals surface area contributed by atoms with E-state index < -0.39 is 0 Å². The first-order chi connectivity index (χ1) is 16.3. The van der Waals surface area contributed by atoms with Gasteiger partial charge in [-0.3, -0.25) is 0 Å². The molecule has 33 heavy (non-hydrogen) atoms. The van der Waals surface area contributed by atoms with Gasteiger partial charge in [-0.05, 0) is 55.5 Å². The molecule has 0 saturated heterocycles. The monoisotopic (exact) mass is 450 g/mol. The smallest absolute Gasteiger partial charge is 0.119 e. The highest BCUT2D eigenvalue weighted by Crippen LogP contribution is 2.20. The molecule has 0 atom stereocenters. The van der Waals surface area contributed by atoms with Gasteiger partial charge in [0.1, 0.15) is 5.75 Å². The van der Waals surface area contributed by atoms with E-state index in [1.165, 1.54) is 101 Å². The van der Waals surface area contributed by atoms with Crippen molar-refractivity contribution >= 4 is 5.69 Å². The molecule has 0 aliphatic rings. The second-order valence-corrected chi connectivity index (χ2v) is 9.27. The normalized spacial score (nSPS) is 11.0. The van der Waals surface area contributed by atoms with Crippen LogP contribution < -0.4 is 9.64 Å². The molecule has 2 nitrogen and oxygen atoms in total. The Balaban J connectivity index is 1.76. The molecule has 0 aliphatic carbocycles. The first kappa shape index (κ1) is 27.3. The van der Waals surface area contributed by atoms with Gasteiger partial charge in [0, 0.05) is 18.8 Å². The molecule has 0 amide bonds. The third-order valence-corrected chi connectivity index (χ3v) is 6.33. The van der Waals surface area contributed by atoms with E-state index in [0.29, 0.717) is 6.61 Å². The largest absolute Gasteiger partial charge is 0.494 e. The molecule has 183 valence electrons. The number of unbranched alkanes of at least 4 members (excludes halogenated alkanes) is 10. The van der Waals surface area contributed by atoms with E-state index in [9.17, 15) is 0 Å². The number of benzene rings is 2. The van der Waals surface area contributed by atoms with Gasteiger partial charge < -0.3 is 9.64 Å². The van der Waals surface area contributed by atoms with Crippen LogP contribution in [0, 0.1) is 6.42 Å². The number of anilines is 1. The van der Waals surface area contributed by atoms with Crippen molar-refractivity contribution in [3.63, 3.8) is 0 Å². The summed E-state index contributed by atoms with van der Waals surface area (Å²) in [5.41, 5.74) is 2.67. The molecule has 0 unspecified atom stereocenters. The summed E-state index contributed by atoms with van der Waals surface area (Å²) in [5.74, 6) is 0.946. The number of para-hydroxylation sites is 1. The second-order valence-electron chi connectivity index (χ2n) is 9.27. The first-order valence-corrected chi connectivity index (χ1v) is 13.7. The van der Waals surface area contributed by atoms with Crippen LogP contribution in [0.1, 0.15) is 103 Å². The van der Waals surface area contributed by atoms with Gasteiger partial charge in [-0.2, -0.15) is 0 Å². The Bertz CT molecular complexity index is 666. The van der Waals surface area contributed by atoms with Crippen LogP contribution in [-0.4, -0.2) is 19.7 Å². The van der Waals surface area contributed by atoms with Crippen LogP contribution in [0.5, 0.6) is 5.75 Å². The number of nitrogens with zero attached hydrogens (tertiary/aromatic N) is 1. The molecule has 0 saturated carbocycles. The van der Waals surface area contributed by atoms with E-state index >= 15 is 0 Å². The minimum Gasteiger partial charge on any atom is -0.494 e. The lowest BCUT2D eigenvalue weighted by atomic mass is 10.1. The average Bonchev–Trinajstić information content (AvgIpc) is 2.86. The fourth-order valence-corrected chi connectivity index (χ4v) is 4.28. The SMILES string of the molecule is CCCCCCCCN(CCCCCCCC)c1ccc([CH]CCOc2ccccc2)cc1. The van der Waals surface area contributed by atoms with Gasteiger partial charge in [-0.1, -0.05) is 108 Å². The zero-order valence-corrected chi connectivity index (χ0v) is 21.4. The van der Waals surface area contributed by atoms with E-state index in [1.54, 1.807) is 0 Å². The molecule has 0 aliphatic heterocycles. The Labute approximate surface area is 204 Å². The summed E-state index contributed by atoms with van der Waals surface area (Å²) in [6.07, 6.45) is 19.5. The predicted octanol–water partition coefficient (Wildman–Crippen LogP) is 9.24. The fraction of sp³-hybridized carbons (Fsp3) is 0.581. The topological polar surface area (TPSA) is 12.5 Å². The Morgan fingerprint density at radius 3 is 1.76 bits per heavy atom. The van der Waals surface area contributed by atoms with Crippen LogP contribution in [0.2, 0.25) is 0 Å². The van der Waals surface area contributed by atoms with Crippen LogP contribution >= 0.6 is 0 Å². The lowest BCUT2D eigenvalue weighted by Gasteiger charge is -2.25. The van der Waals surface area contributed by atoms with Crippen LogP contribution in [0.3, 0.4) is 0 Å². The molecule has 2 heteroatoms. The fourth-order valence-electron chi connectivity index (χ4n) is 4.28. The molecule has 2 aromatic carbocycles. The summed E-state index contributed by atoms with van der Waals surface area (Å²) in [5, 5.41) is 0. The Morgan fingerprint density at radius 1 is 0.636 bits per heavy atom. The van der Waals surface area contributed by atoms with Gasteiger partial charge in [-0.15, -0.1) is 0 Å². The molecular weight excluding hydrogens is 402 g/mol. The second kappa shape index (κ2) is 18.5. The van der Waals surface area contributed by atoms with Crippen LogP contribution in [0.15, 0.2) is 54.6 Å². The first-order valence-electron chi connectivity index (χ1n) is 13.7. The minimum atomic E-state index is 0.716. The van der Waals surface area contributed by atoms with E-state index in [-0.39, 0.29) is 0 Å². The van der Waals surface area contributed by atoms with Crippen LogP contribution in [0.25, 0.3) is 0 Å². The lowest BCUT2D eigenvalue weighted by molar-refractivity contribution is 0.321. The van der Waals surface area contributed by atoms with Gasteiger partial charge in [-0.25, -0.2) is 0 Å². The number of ether oxygens (including phenoxy) is 1. The molecule has 0 heterocycles. The minimum absolute atomic E-state index is 0.716. The summed E-state index contributed by atoms with van der Waals surface area (Å²) >= 11 is 0. The Hall–Kier alpha value is -1.96. The molecule has 2 aromatic rings. The molecule has 0 aromatic heterocycles. The van der Waals surface area contributed by atoms with Gasteiger partial charge in [0.05, 0.1) is 6.61 Å². The van der Waals surface area contributed by atoms with Crippen molar-refractivity contribution in [2.45, 2.75) is 97.3 Å². The highest BCUT2D eigenvalue weighted by molar-refractivity contribution is 5.48. The molecule has 2 rings (SSSR count). The van der Waals surface area contributed by atoms with Crippen molar-refractivity contribution in [1.29, 1.82) is 0 Å². The van der Waals surface area contributed by atoms with Gasteiger partial charge in [0.25, 0.3) is 0 Å². The van der Waals surface area contributed by atoms with E-state index in [4.69, 9.17) is 4.74 Å². The highest BCUT2D eigenvalue weighted by Gasteiger charge is 2.07. The maximum atomic E-state index is 5.81. The van der Waals surface area contributed by atoms with Crippen molar-refractivity contribution in [3.8, 4) is 5.75 Å². The van der Waals surface area contributed by atoms with Crippen LogP contribution in [0.4, 0.5) is 5.69 Å². The molecule has 0 fully saturated rings. The van der Waals surface area contributed by atoms with Gasteiger partial charge in [0.2, 0.25) is 0 Å². The summed E-state index contributed by atoms with van der Waals surface area (Å²) in [4.78, 5) is 2.63. The van der Waals surface area contributed by atoms with Crippen molar-refractivity contribution < 1.29 is 4.74 Å². The summed E-state index contributed by atoms with van der Waals surface area (Å²) in [6, 6.07) is 19.2. The number of rotatable bonds is 20. The third-order valence-electron chi connectivity index (χ3n) is 6.33. The lowest BCUT2D eigenvalue weighted by Crippen LogP contribution is -2.25. The summed E-state index contributed by atoms with van der Waals surface area (Å²) < 4.78 is 5.81. The number of hydrogen-bond acceptors (Lipinski definition) is 2. The van der Waals surface area contributed by atoms with Crippen molar-refractivity contribution in [2.24, 2.45) is 0 Å². The summed E-state index contributed by atoms with van der Waals surface area (Å²) in [7, 11) is 0. The Kier molecular flexibility index (Phi) is 15.3.